The van der Waals surface area contributed by atoms with Crippen molar-refractivity contribution >= 4 is 57.6 Å². The van der Waals surface area contributed by atoms with Crippen molar-refractivity contribution in [1.29, 1.82) is 0 Å². The summed E-state index contributed by atoms with van der Waals surface area (Å²) in [4.78, 5) is 16.7. The fraction of sp³-hybridized carbons (Fsp3) is 0.545. The number of piperidine rings is 2. The Bertz CT molecular complexity index is 956. The van der Waals surface area contributed by atoms with Gasteiger partial charge in [-0.1, -0.05) is 12.8 Å². The third-order valence-corrected chi connectivity index (χ3v) is 9.79. The third-order valence-electron chi connectivity index (χ3n) is 6.66. The first-order valence-electron chi connectivity index (χ1n) is 11.5. The Balaban J connectivity index is 1.40. The fourth-order valence-corrected chi connectivity index (χ4v) is 8.20. The maximum atomic E-state index is 14.6. The molecule has 0 aliphatic carbocycles. The van der Waals surface area contributed by atoms with Crippen molar-refractivity contribution in [2.45, 2.75) is 51.1 Å². The maximum Gasteiger partial charge on any atom is 0.231 e. The highest BCUT2D eigenvalue weighted by molar-refractivity contribution is 7.88. The lowest BCUT2D eigenvalue weighted by atomic mass is 10.1. The molecule has 32 heavy (non-hydrogen) atoms. The molecule has 0 bridgehead atoms. The SMILES string of the molecule is O=S(N1c2ccsc2C=NC1N1CCCCC1)N1c2ccsc2C=NC1N1CCCCC1. The number of anilines is 2. The highest BCUT2D eigenvalue weighted by atomic mass is 32.2. The zero-order valence-corrected chi connectivity index (χ0v) is 20.5. The van der Waals surface area contributed by atoms with E-state index in [4.69, 9.17) is 9.98 Å². The zero-order chi connectivity index (χ0) is 21.5. The van der Waals surface area contributed by atoms with Gasteiger partial charge < -0.3 is 0 Å². The van der Waals surface area contributed by atoms with Crippen molar-refractivity contribution in [3.63, 3.8) is 0 Å². The molecule has 0 amide bonds. The molecule has 7 nitrogen and oxygen atoms in total. The van der Waals surface area contributed by atoms with Crippen LogP contribution in [-0.2, 0) is 11.2 Å². The summed E-state index contributed by atoms with van der Waals surface area (Å²) in [7, 11) is 0. The summed E-state index contributed by atoms with van der Waals surface area (Å²) < 4.78 is 18.6. The number of thiophene rings is 2. The molecule has 6 heterocycles. The Morgan fingerprint density at radius 3 is 1.59 bits per heavy atom. The van der Waals surface area contributed by atoms with Gasteiger partial charge in [0.1, 0.15) is 0 Å². The quantitative estimate of drug-likeness (QED) is 0.651. The van der Waals surface area contributed by atoms with Crippen LogP contribution in [0.1, 0.15) is 48.3 Å². The molecular weight excluding hydrogens is 460 g/mol. The van der Waals surface area contributed by atoms with Crippen LogP contribution in [0.15, 0.2) is 32.9 Å². The zero-order valence-electron chi connectivity index (χ0n) is 18.0. The lowest BCUT2D eigenvalue weighted by Crippen LogP contribution is -2.59. The van der Waals surface area contributed by atoms with Crippen molar-refractivity contribution in [2.75, 3.05) is 34.8 Å². The van der Waals surface area contributed by atoms with Crippen LogP contribution < -0.4 is 8.61 Å². The summed E-state index contributed by atoms with van der Waals surface area (Å²) in [5, 5.41) is 4.15. The Labute approximate surface area is 199 Å². The minimum Gasteiger partial charge on any atom is -0.264 e. The van der Waals surface area contributed by atoms with E-state index < -0.39 is 11.2 Å². The van der Waals surface area contributed by atoms with Crippen LogP contribution in [0.3, 0.4) is 0 Å². The van der Waals surface area contributed by atoms with Gasteiger partial charge in [-0.25, -0.2) is 12.8 Å². The molecular formula is C22H28N6OS3. The molecule has 0 N–H and O–H groups in total. The second-order valence-corrected chi connectivity index (χ2v) is 11.8. The topological polar surface area (TPSA) is 54.8 Å². The average molecular weight is 489 g/mol. The highest BCUT2D eigenvalue weighted by Crippen LogP contribution is 2.39. The number of hydrogen-bond donors (Lipinski definition) is 0. The predicted octanol–water partition coefficient (Wildman–Crippen LogP) is 4.11. The third kappa shape index (κ3) is 3.66. The van der Waals surface area contributed by atoms with Crippen LogP contribution in [0, 0.1) is 0 Å². The van der Waals surface area contributed by atoms with E-state index in [-0.39, 0.29) is 12.6 Å². The van der Waals surface area contributed by atoms with Gasteiger partial charge in [-0.2, -0.15) is 0 Å². The molecule has 2 atom stereocenters. The molecule has 0 aromatic carbocycles. The first-order chi connectivity index (χ1) is 15.8. The fourth-order valence-electron chi connectivity index (χ4n) is 5.03. The Hall–Kier alpha value is -1.59. The molecule has 0 spiro atoms. The molecule has 10 heteroatoms. The van der Waals surface area contributed by atoms with E-state index in [0.29, 0.717) is 0 Å². The monoisotopic (exact) mass is 488 g/mol. The summed E-state index contributed by atoms with van der Waals surface area (Å²) in [6, 6.07) is 4.19. The predicted molar refractivity (Wildman–Crippen MR) is 135 cm³/mol. The van der Waals surface area contributed by atoms with Crippen molar-refractivity contribution in [3.05, 3.63) is 32.6 Å². The second-order valence-electron chi connectivity index (χ2n) is 8.66. The molecule has 2 aromatic heterocycles. The largest absolute Gasteiger partial charge is 0.264 e. The minimum atomic E-state index is -1.47. The van der Waals surface area contributed by atoms with E-state index in [0.717, 1.165) is 47.3 Å². The van der Waals surface area contributed by atoms with E-state index in [1.165, 1.54) is 38.5 Å². The van der Waals surface area contributed by atoms with Crippen LogP contribution in [0.5, 0.6) is 0 Å². The Kier molecular flexibility index (Phi) is 5.89. The number of likely N-dealkylation sites (tertiary alicyclic amines) is 2. The van der Waals surface area contributed by atoms with Crippen molar-refractivity contribution < 1.29 is 4.21 Å². The maximum absolute atomic E-state index is 14.6. The first kappa shape index (κ1) is 21.0. The number of nitrogens with zero attached hydrogens (tertiary/aromatic N) is 6. The molecule has 2 fully saturated rings. The molecule has 0 saturated carbocycles. The lowest BCUT2D eigenvalue weighted by Gasteiger charge is -2.45. The Morgan fingerprint density at radius 1 is 0.719 bits per heavy atom. The van der Waals surface area contributed by atoms with E-state index in [2.05, 4.69) is 32.7 Å². The molecule has 0 radical (unpaired) electrons. The van der Waals surface area contributed by atoms with Gasteiger partial charge in [0.15, 0.2) is 12.6 Å². The number of hydrogen-bond acceptors (Lipinski definition) is 7. The normalized spacial score (nSPS) is 27.4. The second kappa shape index (κ2) is 8.98. The minimum absolute atomic E-state index is 0.242. The van der Waals surface area contributed by atoms with Crippen molar-refractivity contribution in [1.82, 2.24) is 9.80 Å². The molecule has 170 valence electrons. The van der Waals surface area contributed by atoms with Gasteiger partial charge in [-0.3, -0.25) is 19.8 Å². The van der Waals surface area contributed by atoms with Gasteiger partial charge in [0.05, 0.1) is 21.1 Å². The van der Waals surface area contributed by atoms with Gasteiger partial charge in [0.25, 0.3) is 0 Å². The van der Waals surface area contributed by atoms with E-state index >= 15 is 0 Å². The summed E-state index contributed by atoms with van der Waals surface area (Å²) in [5.41, 5.74) is 2.03. The standard InChI is InChI=1S/C22H28N6OS3/c29-32(27-17-7-13-30-19(17)15-23-21(27)25-9-3-1-4-10-25)28-18-8-14-31-20(18)16-24-22(28)26-11-5-2-6-12-26/h7-8,13-16,21-22H,1-6,9-12H2. The Morgan fingerprint density at radius 2 is 1.16 bits per heavy atom. The van der Waals surface area contributed by atoms with Crippen LogP contribution in [-0.4, -0.2) is 65.2 Å². The molecule has 4 aliphatic rings. The van der Waals surface area contributed by atoms with E-state index in [1.807, 2.05) is 21.0 Å². The summed E-state index contributed by atoms with van der Waals surface area (Å²) in [6.45, 7) is 3.97. The van der Waals surface area contributed by atoms with Gasteiger partial charge in [-0.15, -0.1) is 22.7 Å². The number of rotatable bonds is 4. The van der Waals surface area contributed by atoms with Crippen LogP contribution in [0.4, 0.5) is 11.4 Å². The molecule has 2 aromatic rings. The van der Waals surface area contributed by atoms with Crippen LogP contribution in [0.2, 0.25) is 0 Å². The lowest BCUT2D eigenvalue weighted by molar-refractivity contribution is 0.169. The number of aliphatic imine (C=N–C) groups is 2. The van der Waals surface area contributed by atoms with Gasteiger partial charge >= 0.3 is 0 Å². The smallest absolute Gasteiger partial charge is 0.231 e. The van der Waals surface area contributed by atoms with E-state index in [9.17, 15) is 4.21 Å². The summed E-state index contributed by atoms with van der Waals surface area (Å²) >= 11 is 1.85. The average Bonchev–Trinajstić information content (AvgIpc) is 3.53. The summed E-state index contributed by atoms with van der Waals surface area (Å²) in [5.74, 6) is 0. The van der Waals surface area contributed by atoms with Crippen molar-refractivity contribution in [3.8, 4) is 0 Å². The van der Waals surface area contributed by atoms with Crippen LogP contribution in [0.25, 0.3) is 0 Å². The molecule has 2 unspecified atom stereocenters. The highest BCUT2D eigenvalue weighted by Gasteiger charge is 2.42. The van der Waals surface area contributed by atoms with Gasteiger partial charge in [0, 0.05) is 38.6 Å². The van der Waals surface area contributed by atoms with Crippen molar-refractivity contribution in [2.24, 2.45) is 9.98 Å². The van der Waals surface area contributed by atoms with Gasteiger partial charge in [0.2, 0.25) is 11.2 Å². The van der Waals surface area contributed by atoms with Crippen LogP contribution >= 0.6 is 22.7 Å². The summed E-state index contributed by atoms with van der Waals surface area (Å²) in [6.07, 6.45) is 10.7. The molecule has 2 saturated heterocycles. The molecule has 6 rings (SSSR count). The molecule has 4 aliphatic heterocycles. The van der Waals surface area contributed by atoms with Gasteiger partial charge in [-0.05, 0) is 48.6 Å². The van der Waals surface area contributed by atoms with E-state index in [1.54, 1.807) is 22.7 Å². The number of fused-ring (bicyclic) bond motifs is 2. The first-order valence-corrected chi connectivity index (χ1v) is 14.3.